The second kappa shape index (κ2) is 9.81. The van der Waals surface area contributed by atoms with Crippen molar-refractivity contribution in [3.63, 3.8) is 0 Å². The molecule has 0 saturated heterocycles. The summed E-state index contributed by atoms with van der Waals surface area (Å²) in [4.78, 5) is 4.37. The van der Waals surface area contributed by atoms with Crippen LogP contribution in [0.25, 0.3) is 0 Å². The largest absolute Gasteiger partial charge is 0.494 e. The maximum atomic E-state index is 12.6. The van der Waals surface area contributed by atoms with Crippen LogP contribution in [0.5, 0.6) is 11.5 Å². The van der Waals surface area contributed by atoms with Gasteiger partial charge in [-0.2, -0.15) is 19.1 Å². The first-order chi connectivity index (χ1) is 14.8. The minimum Gasteiger partial charge on any atom is -0.494 e. The molecule has 1 heterocycles. The summed E-state index contributed by atoms with van der Waals surface area (Å²) in [6.45, 7) is -0.610. The van der Waals surface area contributed by atoms with Gasteiger partial charge in [0.25, 0.3) is 0 Å². The molecule has 1 atom stereocenters. The average molecular weight is 468 g/mol. The average Bonchev–Trinajstić information content (AvgIpc) is 3.11. The van der Waals surface area contributed by atoms with Crippen LogP contribution in [0.15, 0.2) is 46.5 Å². The molecular weight excluding hydrogens is 451 g/mol. The lowest BCUT2D eigenvalue weighted by Crippen LogP contribution is -2.35. The van der Waals surface area contributed by atoms with Gasteiger partial charge in [-0.15, -0.1) is 0 Å². The first kappa shape index (κ1) is 22.6. The number of methoxy groups -OCH3 is 1. The third kappa shape index (κ3) is 5.34. The van der Waals surface area contributed by atoms with Crippen molar-refractivity contribution in [2.75, 3.05) is 13.7 Å². The SMILES string of the molecule is COc1ccc(OC(F)F)cc1N=C(NC#N)N1CC(C)C(c2ccc(Cl)c(Cl)c2)=N1. The summed E-state index contributed by atoms with van der Waals surface area (Å²) in [6.07, 6.45) is 1.81. The minimum atomic E-state index is -2.99. The van der Waals surface area contributed by atoms with Crippen molar-refractivity contribution in [3.05, 3.63) is 52.0 Å². The number of alkyl halides is 2. The van der Waals surface area contributed by atoms with E-state index in [4.69, 9.17) is 27.9 Å². The van der Waals surface area contributed by atoms with Crippen molar-refractivity contribution in [2.45, 2.75) is 13.5 Å². The fourth-order valence-electron chi connectivity index (χ4n) is 2.99. The Balaban J connectivity index is 1.98. The molecule has 7 nitrogen and oxygen atoms in total. The number of ether oxygens (including phenoxy) is 2. The van der Waals surface area contributed by atoms with Crippen LogP contribution in [0.2, 0.25) is 10.0 Å². The Hall–Kier alpha value is -3.09. The lowest BCUT2D eigenvalue weighted by molar-refractivity contribution is -0.0498. The van der Waals surface area contributed by atoms with Gasteiger partial charge in [-0.1, -0.05) is 36.2 Å². The predicted molar refractivity (Wildman–Crippen MR) is 114 cm³/mol. The zero-order chi connectivity index (χ0) is 22.5. The van der Waals surface area contributed by atoms with Crippen molar-refractivity contribution < 1.29 is 18.3 Å². The highest BCUT2D eigenvalue weighted by atomic mass is 35.5. The van der Waals surface area contributed by atoms with E-state index in [0.29, 0.717) is 22.3 Å². The second-order valence-corrected chi connectivity index (χ2v) is 7.30. The third-order valence-corrected chi connectivity index (χ3v) is 5.11. The lowest BCUT2D eigenvalue weighted by Gasteiger charge is -2.16. The van der Waals surface area contributed by atoms with E-state index in [-0.39, 0.29) is 23.3 Å². The van der Waals surface area contributed by atoms with E-state index in [1.807, 2.05) is 13.1 Å². The normalized spacial score (nSPS) is 16.2. The molecule has 1 unspecified atom stereocenters. The van der Waals surface area contributed by atoms with Crippen LogP contribution in [0.3, 0.4) is 0 Å². The molecular formula is C20H17Cl2F2N5O2. The van der Waals surface area contributed by atoms with Gasteiger partial charge in [-0.3, -0.25) is 5.32 Å². The molecule has 11 heteroatoms. The minimum absolute atomic E-state index is 0.0154. The van der Waals surface area contributed by atoms with E-state index >= 15 is 0 Å². The molecule has 0 saturated carbocycles. The topological polar surface area (TPSA) is 82.2 Å². The van der Waals surface area contributed by atoms with E-state index in [0.717, 1.165) is 11.3 Å². The van der Waals surface area contributed by atoms with Crippen LogP contribution >= 0.6 is 23.2 Å². The highest BCUT2D eigenvalue weighted by Crippen LogP contribution is 2.33. The highest BCUT2D eigenvalue weighted by molar-refractivity contribution is 6.42. The molecule has 3 rings (SSSR count). The molecule has 0 radical (unpaired) electrons. The second-order valence-electron chi connectivity index (χ2n) is 6.48. The third-order valence-electron chi connectivity index (χ3n) is 4.37. The van der Waals surface area contributed by atoms with Crippen molar-refractivity contribution in [2.24, 2.45) is 16.0 Å². The van der Waals surface area contributed by atoms with Crippen molar-refractivity contribution in [1.29, 1.82) is 5.26 Å². The summed E-state index contributed by atoms with van der Waals surface area (Å²) in [6, 6.07) is 9.25. The monoisotopic (exact) mass is 467 g/mol. The quantitative estimate of drug-likeness (QED) is 0.289. The van der Waals surface area contributed by atoms with Crippen LogP contribution in [-0.4, -0.2) is 36.9 Å². The number of hydrogen-bond donors (Lipinski definition) is 1. The number of benzene rings is 2. The molecule has 0 fully saturated rings. The standard InChI is InChI=1S/C20H17Cl2F2N5O2/c1-11-9-29(28-18(11)12-3-5-14(21)15(22)7-12)20(26-10-25)27-16-8-13(31-19(23)24)4-6-17(16)30-2/h3-8,11,19H,9H2,1-2H3,(H,26,27). The number of halogens is 4. The molecule has 2 aromatic carbocycles. The first-order valence-electron chi connectivity index (χ1n) is 9.00. The van der Waals surface area contributed by atoms with Crippen LogP contribution in [0.1, 0.15) is 12.5 Å². The zero-order valence-corrected chi connectivity index (χ0v) is 18.0. The molecule has 31 heavy (non-hydrogen) atoms. The fraction of sp³-hybridized carbons (Fsp3) is 0.250. The Morgan fingerprint density at radius 2 is 2.06 bits per heavy atom. The van der Waals surface area contributed by atoms with E-state index in [1.165, 1.54) is 30.3 Å². The molecule has 1 aliphatic heterocycles. The van der Waals surface area contributed by atoms with Crippen LogP contribution in [-0.2, 0) is 0 Å². The van der Waals surface area contributed by atoms with Gasteiger partial charge in [-0.25, -0.2) is 10.0 Å². The maximum absolute atomic E-state index is 12.6. The molecule has 1 N–H and O–H groups in total. The predicted octanol–water partition coefficient (Wildman–Crippen LogP) is 5.02. The van der Waals surface area contributed by atoms with E-state index in [9.17, 15) is 14.0 Å². The van der Waals surface area contributed by atoms with Gasteiger partial charge in [0.1, 0.15) is 17.2 Å². The van der Waals surface area contributed by atoms with Crippen molar-refractivity contribution in [3.8, 4) is 17.7 Å². The van der Waals surface area contributed by atoms with E-state index in [2.05, 4.69) is 20.1 Å². The summed E-state index contributed by atoms with van der Waals surface area (Å²) in [5, 5.41) is 18.6. The number of aliphatic imine (C=N–C) groups is 1. The molecule has 0 aromatic heterocycles. The van der Waals surface area contributed by atoms with Gasteiger partial charge in [-0.05, 0) is 29.8 Å². The number of nitrogens with zero attached hydrogens (tertiary/aromatic N) is 4. The van der Waals surface area contributed by atoms with E-state index < -0.39 is 6.61 Å². The highest BCUT2D eigenvalue weighted by Gasteiger charge is 2.28. The van der Waals surface area contributed by atoms with Gasteiger partial charge in [0.05, 0.1) is 29.4 Å². The Morgan fingerprint density at radius 1 is 1.29 bits per heavy atom. The molecule has 1 aliphatic rings. The summed E-state index contributed by atoms with van der Waals surface area (Å²) in [7, 11) is 1.41. The van der Waals surface area contributed by atoms with Gasteiger partial charge in [0.15, 0.2) is 6.19 Å². The fourth-order valence-corrected chi connectivity index (χ4v) is 3.29. The van der Waals surface area contributed by atoms with Crippen LogP contribution in [0.4, 0.5) is 14.5 Å². The number of hydrazone groups is 1. The summed E-state index contributed by atoms with van der Waals surface area (Å²) < 4.78 is 34.8. The Labute approximate surface area is 187 Å². The van der Waals surface area contributed by atoms with Crippen molar-refractivity contribution in [1.82, 2.24) is 10.3 Å². The molecule has 162 valence electrons. The molecule has 0 spiro atoms. The number of rotatable bonds is 5. The number of nitrogens with one attached hydrogen (secondary N) is 1. The van der Waals surface area contributed by atoms with Crippen LogP contribution in [0, 0.1) is 17.4 Å². The molecule has 0 bridgehead atoms. The van der Waals surface area contributed by atoms with Crippen LogP contribution < -0.4 is 14.8 Å². The Kier molecular flexibility index (Phi) is 7.15. The smallest absolute Gasteiger partial charge is 0.387 e. The number of hydrogen-bond acceptors (Lipinski definition) is 5. The molecule has 0 aliphatic carbocycles. The lowest BCUT2D eigenvalue weighted by atomic mass is 9.99. The van der Waals surface area contributed by atoms with Gasteiger partial charge in [0, 0.05) is 12.0 Å². The Bertz CT molecular complexity index is 1070. The first-order valence-corrected chi connectivity index (χ1v) is 9.76. The zero-order valence-electron chi connectivity index (χ0n) is 16.4. The number of nitriles is 1. The Morgan fingerprint density at radius 3 is 2.71 bits per heavy atom. The summed E-state index contributed by atoms with van der Waals surface area (Å²) >= 11 is 12.1. The maximum Gasteiger partial charge on any atom is 0.387 e. The summed E-state index contributed by atoms with van der Waals surface area (Å²) in [5.74, 6) is 0.288. The van der Waals surface area contributed by atoms with E-state index in [1.54, 1.807) is 18.2 Å². The van der Waals surface area contributed by atoms with Gasteiger partial charge < -0.3 is 9.47 Å². The number of guanidine groups is 1. The molecule has 2 aromatic rings. The van der Waals surface area contributed by atoms with Crippen molar-refractivity contribution >= 4 is 40.6 Å². The molecule has 0 amide bonds. The van der Waals surface area contributed by atoms with Gasteiger partial charge in [0.2, 0.25) is 5.96 Å². The summed E-state index contributed by atoms with van der Waals surface area (Å²) in [5.41, 5.74) is 1.70. The van der Waals surface area contributed by atoms with Gasteiger partial charge >= 0.3 is 6.61 Å².